The van der Waals surface area contributed by atoms with E-state index < -0.39 is 5.97 Å². The van der Waals surface area contributed by atoms with Gasteiger partial charge in [0.15, 0.2) is 0 Å². The number of carboxylic acids is 1. The highest BCUT2D eigenvalue weighted by molar-refractivity contribution is 5.98. The van der Waals surface area contributed by atoms with Crippen molar-refractivity contribution in [3.05, 3.63) is 29.3 Å². The number of amides is 1. The van der Waals surface area contributed by atoms with E-state index in [-0.39, 0.29) is 22.8 Å². The minimum Gasteiger partial charge on any atom is -0.508 e. The number of carbonyl (C=O) groups is 2. The highest BCUT2D eigenvalue weighted by atomic mass is 16.4. The summed E-state index contributed by atoms with van der Waals surface area (Å²) in [5.74, 6) is -1.24. The van der Waals surface area contributed by atoms with Gasteiger partial charge < -0.3 is 15.5 Å². The summed E-state index contributed by atoms with van der Waals surface area (Å²) in [7, 11) is 0. The van der Waals surface area contributed by atoms with Crippen LogP contribution >= 0.6 is 0 Å². The Morgan fingerprint density at radius 2 is 1.86 bits per heavy atom. The van der Waals surface area contributed by atoms with Crippen LogP contribution in [0, 0.1) is 11.3 Å². The van der Waals surface area contributed by atoms with Crippen molar-refractivity contribution in [3.63, 3.8) is 0 Å². The Morgan fingerprint density at radius 3 is 2.38 bits per heavy atom. The lowest BCUT2D eigenvalue weighted by atomic mass is 9.97. The molecule has 3 N–H and O–H groups in total. The van der Waals surface area contributed by atoms with Crippen LogP contribution in [0.4, 0.5) is 0 Å². The largest absolute Gasteiger partial charge is 0.508 e. The summed E-state index contributed by atoms with van der Waals surface area (Å²) < 4.78 is 0. The topological polar surface area (TPSA) is 86.6 Å². The zero-order valence-electron chi connectivity index (χ0n) is 12.3. The molecule has 1 fully saturated rings. The Morgan fingerprint density at radius 1 is 1.24 bits per heavy atom. The van der Waals surface area contributed by atoms with E-state index in [0.29, 0.717) is 17.9 Å². The number of benzene rings is 1. The number of hydrogen-bond acceptors (Lipinski definition) is 3. The van der Waals surface area contributed by atoms with Crippen LogP contribution in [0.25, 0.3) is 0 Å². The Hall–Kier alpha value is -2.04. The van der Waals surface area contributed by atoms with E-state index in [1.165, 1.54) is 12.1 Å². The molecule has 1 atom stereocenters. The molecule has 1 unspecified atom stereocenters. The molecular weight excluding hydrogens is 270 g/mol. The van der Waals surface area contributed by atoms with Crippen molar-refractivity contribution < 1.29 is 19.8 Å². The van der Waals surface area contributed by atoms with Crippen LogP contribution in [-0.2, 0) is 0 Å². The van der Waals surface area contributed by atoms with E-state index in [4.69, 9.17) is 5.11 Å². The number of carbonyl (C=O) groups excluding carboxylic acids is 1. The van der Waals surface area contributed by atoms with Gasteiger partial charge in [-0.25, -0.2) is 4.79 Å². The van der Waals surface area contributed by atoms with E-state index in [1.54, 1.807) is 0 Å². The van der Waals surface area contributed by atoms with Gasteiger partial charge in [-0.05, 0) is 36.0 Å². The van der Waals surface area contributed by atoms with E-state index in [2.05, 4.69) is 19.2 Å². The van der Waals surface area contributed by atoms with E-state index >= 15 is 0 Å². The van der Waals surface area contributed by atoms with Gasteiger partial charge in [0, 0.05) is 12.1 Å². The molecule has 21 heavy (non-hydrogen) atoms. The molecule has 5 nitrogen and oxygen atoms in total. The summed E-state index contributed by atoms with van der Waals surface area (Å²) in [6, 6.07) is 3.68. The molecule has 0 saturated heterocycles. The molecule has 1 aromatic rings. The highest BCUT2D eigenvalue weighted by Crippen LogP contribution is 2.57. The maximum atomic E-state index is 12.1. The number of phenols is 1. The van der Waals surface area contributed by atoms with Crippen molar-refractivity contribution in [1.82, 2.24) is 5.32 Å². The van der Waals surface area contributed by atoms with Gasteiger partial charge in [0.2, 0.25) is 0 Å². The van der Waals surface area contributed by atoms with Gasteiger partial charge in [-0.3, -0.25) is 4.79 Å². The first-order valence-electron chi connectivity index (χ1n) is 7.27. The maximum absolute atomic E-state index is 12.1. The number of aromatic hydroxyl groups is 1. The second kappa shape index (κ2) is 5.76. The van der Waals surface area contributed by atoms with E-state index in [1.807, 2.05) is 0 Å². The number of nitrogens with one attached hydrogen (secondary N) is 1. The smallest absolute Gasteiger partial charge is 0.335 e. The quantitative estimate of drug-likeness (QED) is 0.752. The summed E-state index contributed by atoms with van der Waals surface area (Å²) in [6.07, 6.45) is 3.35. The highest BCUT2D eigenvalue weighted by Gasteiger charge is 2.50. The first-order chi connectivity index (χ1) is 9.91. The Bertz CT molecular complexity index is 563. The first-order valence-corrected chi connectivity index (χ1v) is 7.27. The lowest BCUT2D eigenvalue weighted by Crippen LogP contribution is -2.27. The predicted octanol–water partition coefficient (Wildman–Crippen LogP) is 2.65. The zero-order chi connectivity index (χ0) is 15.6. The lowest BCUT2D eigenvalue weighted by molar-refractivity contribution is 0.0696. The van der Waals surface area contributed by atoms with Gasteiger partial charge in [0.1, 0.15) is 5.75 Å². The summed E-state index contributed by atoms with van der Waals surface area (Å²) >= 11 is 0. The number of rotatable bonds is 6. The molecule has 1 amide bonds. The van der Waals surface area contributed by atoms with Gasteiger partial charge in [-0.15, -0.1) is 0 Å². The number of phenolic OH excluding ortho intramolecular Hbond substituents is 1. The van der Waals surface area contributed by atoms with Crippen molar-refractivity contribution in [2.75, 3.05) is 6.54 Å². The second-order valence-corrected chi connectivity index (χ2v) is 5.75. The van der Waals surface area contributed by atoms with Crippen LogP contribution in [-0.4, -0.2) is 28.6 Å². The Balaban J connectivity index is 2.00. The second-order valence-electron chi connectivity index (χ2n) is 5.75. The van der Waals surface area contributed by atoms with Gasteiger partial charge >= 0.3 is 5.97 Å². The first kappa shape index (κ1) is 15.4. The minimum atomic E-state index is -1.17. The average molecular weight is 291 g/mol. The molecule has 0 radical (unpaired) electrons. The third-order valence-corrected chi connectivity index (χ3v) is 4.70. The molecule has 0 spiro atoms. The molecule has 0 bridgehead atoms. The van der Waals surface area contributed by atoms with Crippen LogP contribution in [0.15, 0.2) is 18.2 Å². The summed E-state index contributed by atoms with van der Waals surface area (Å²) in [6.45, 7) is 4.93. The number of aromatic carboxylic acids is 1. The van der Waals surface area contributed by atoms with Gasteiger partial charge in [-0.1, -0.05) is 26.7 Å². The molecule has 0 aliphatic heterocycles. The molecule has 1 aliphatic rings. The predicted molar refractivity (Wildman–Crippen MR) is 78.5 cm³/mol. The maximum Gasteiger partial charge on any atom is 0.335 e. The summed E-state index contributed by atoms with van der Waals surface area (Å²) in [5, 5.41) is 21.3. The van der Waals surface area contributed by atoms with Crippen LogP contribution in [0.5, 0.6) is 5.75 Å². The molecule has 0 heterocycles. The van der Waals surface area contributed by atoms with E-state index in [0.717, 1.165) is 25.3 Å². The zero-order valence-corrected chi connectivity index (χ0v) is 12.3. The molecule has 5 heteroatoms. The van der Waals surface area contributed by atoms with Gasteiger partial charge in [-0.2, -0.15) is 0 Å². The van der Waals surface area contributed by atoms with Crippen molar-refractivity contribution in [1.29, 1.82) is 0 Å². The SMILES string of the molecule is CCC1(CC)CC1CNC(=O)c1cc(O)cc(C(=O)O)c1. The minimum absolute atomic E-state index is 0.0944. The van der Waals surface area contributed by atoms with Crippen molar-refractivity contribution in [3.8, 4) is 5.75 Å². The molecule has 1 aliphatic carbocycles. The monoisotopic (exact) mass is 291 g/mol. The molecule has 114 valence electrons. The fourth-order valence-electron chi connectivity index (χ4n) is 3.02. The van der Waals surface area contributed by atoms with E-state index in [9.17, 15) is 14.7 Å². The molecule has 0 aromatic heterocycles. The Kier molecular flexibility index (Phi) is 4.21. The fourth-order valence-corrected chi connectivity index (χ4v) is 3.02. The molecular formula is C16H21NO4. The number of hydrogen-bond donors (Lipinski definition) is 3. The van der Waals surface area contributed by atoms with Gasteiger partial charge in [0.25, 0.3) is 5.91 Å². The standard InChI is InChI=1S/C16H21NO4/c1-3-16(4-2)8-12(16)9-17-14(19)10-5-11(15(20)21)7-13(18)6-10/h5-7,12,18H,3-4,8-9H2,1-2H3,(H,17,19)(H,20,21). The van der Waals surface area contributed by atoms with Crippen LogP contribution in [0.3, 0.4) is 0 Å². The number of carboxylic acid groups (broad SMARTS) is 1. The lowest BCUT2D eigenvalue weighted by Gasteiger charge is -2.12. The third kappa shape index (κ3) is 3.17. The molecule has 2 rings (SSSR count). The Labute approximate surface area is 124 Å². The summed E-state index contributed by atoms with van der Waals surface area (Å²) in [5.41, 5.74) is 0.438. The van der Waals surface area contributed by atoms with Crippen LogP contribution in [0.1, 0.15) is 53.8 Å². The molecule has 1 saturated carbocycles. The van der Waals surface area contributed by atoms with Crippen molar-refractivity contribution in [2.45, 2.75) is 33.1 Å². The summed E-state index contributed by atoms with van der Waals surface area (Å²) in [4.78, 5) is 23.0. The van der Waals surface area contributed by atoms with Crippen LogP contribution in [0.2, 0.25) is 0 Å². The van der Waals surface area contributed by atoms with Gasteiger partial charge in [0.05, 0.1) is 5.56 Å². The normalized spacial score (nSPS) is 19.0. The molecule has 1 aromatic carbocycles. The van der Waals surface area contributed by atoms with Crippen molar-refractivity contribution in [2.24, 2.45) is 11.3 Å². The van der Waals surface area contributed by atoms with Crippen molar-refractivity contribution >= 4 is 11.9 Å². The third-order valence-electron chi connectivity index (χ3n) is 4.70. The fraction of sp³-hybridized carbons (Fsp3) is 0.500. The average Bonchev–Trinajstić information content (AvgIpc) is 3.18. The van der Waals surface area contributed by atoms with Crippen LogP contribution < -0.4 is 5.32 Å².